The van der Waals surface area contributed by atoms with Crippen molar-refractivity contribution < 1.29 is 34.5 Å². The number of carboxylic acids is 1. The molecule has 0 heterocycles. The number of aliphatic carboxylic acids is 1. The average Bonchev–Trinajstić information content (AvgIpc) is 2.98. The first-order valence-electron chi connectivity index (χ1n) is 13.2. The van der Waals surface area contributed by atoms with Crippen molar-refractivity contribution in [2.75, 3.05) is 5.75 Å². The number of benzene rings is 3. The van der Waals surface area contributed by atoms with Gasteiger partial charge in [0.2, 0.25) is 17.7 Å². The number of phenols is 2. The van der Waals surface area contributed by atoms with E-state index in [1.807, 2.05) is 6.07 Å². The van der Waals surface area contributed by atoms with Crippen LogP contribution in [0.2, 0.25) is 0 Å². The fourth-order valence-electron chi connectivity index (χ4n) is 4.11. The lowest BCUT2D eigenvalue weighted by atomic mass is 10.0. The van der Waals surface area contributed by atoms with Gasteiger partial charge in [0.15, 0.2) is 0 Å². The summed E-state index contributed by atoms with van der Waals surface area (Å²) in [7, 11) is 0. The molecule has 11 nitrogen and oxygen atoms in total. The summed E-state index contributed by atoms with van der Waals surface area (Å²) in [6, 6.07) is 16.2. The number of rotatable bonds is 14. The van der Waals surface area contributed by atoms with Crippen molar-refractivity contribution in [3.63, 3.8) is 0 Å². The average molecular weight is 595 g/mol. The van der Waals surface area contributed by atoms with Crippen LogP contribution < -0.4 is 21.7 Å². The van der Waals surface area contributed by atoms with Gasteiger partial charge in [0.05, 0.1) is 6.04 Å². The van der Waals surface area contributed by atoms with E-state index in [1.165, 1.54) is 24.3 Å². The van der Waals surface area contributed by atoms with Gasteiger partial charge in [-0.15, -0.1) is 0 Å². The zero-order chi connectivity index (χ0) is 30.6. The highest BCUT2D eigenvalue weighted by atomic mass is 32.1. The Morgan fingerprint density at radius 2 is 1.00 bits per heavy atom. The smallest absolute Gasteiger partial charge is 0.326 e. The maximum atomic E-state index is 13.6. The van der Waals surface area contributed by atoms with E-state index in [2.05, 4.69) is 28.6 Å². The Bertz CT molecular complexity index is 1350. The Labute approximate surface area is 248 Å². The minimum Gasteiger partial charge on any atom is -0.508 e. The van der Waals surface area contributed by atoms with Crippen molar-refractivity contribution in [2.24, 2.45) is 5.73 Å². The summed E-state index contributed by atoms with van der Waals surface area (Å²) in [5, 5.41) is 36.8. The van der Waals surface area contributed by atoms with Crippen LogP contribution in [0.1, 0.15) is 16.7 Å². The number of thiol groups is 1. The topological polar surface area (TPSA) is 191 Å². The molecule has 0 fully saturated rings. The van der Waals surface area contributed by atoms with Crippen LogP contribution in [-0.4, -0.2) is 68.9 Å². The van der Waals surface area contributed by atoms with Crippen LogP contribution in [0.3, 0.4) is 0 Å². The Kier molecular flexibility index (Phi) is 11.8. The Morgan fingerprint density at radius 1 is 0.619 bits per heavy atom. The Hall–Kier alpha value is -4.55. The van der Waals surface area contributed by atoms with E-state index in [-0.39, 0.29) is 36.5 Å². The molecule has 0 aliphatic carbocycles. The third kappa shape index (κ3) is 9.82. The van der Waals surface area contributed by atoms with Crippen molar-refractivity contribution in [3.05, 3.63) is 95.6 Å². The highest BCUT2D eigenvalue weighted by Crippen LogP contribution is 2.14. The molecule has 3 aromatic rings. The fraction of sp³-hybridized carbons (Fsp3) is 0.267. The lowest BCUT2D eigenvalue weighted by Gasteiger charge is -2.25. The number of nitrogens with one attached hydrogen (secondary N) is 3. The molecule has 3 rings (SSSR count). The second kappa shape index (κ2) is 15.5. The van der Waals surface area contributed by atoms with Crippen LogP contribution in [0.15, 0.2) is 78.9 Å². The molecule has 4 unspecified atom stereocenters. The van der Waals surface area contributed by atoms with Gasteiger partial charge in [-0.25, -0.2) is 4.79 Å². The molecule has 3 aromatic carbocycles. The van der Waals surface area contributed by atoms with Crippen molar-refractivity contribution in [3.8, 4) is 11.5 Å². The number of carbonyl (C=O) groups excluding carboxylic acids is 3. The molecule has 3 amide bonds. The number of nitrogens with two attached hydrogens (primary N) is 1. The highest BCUT2D eigenvalue weighted by molar-refractivity contribution is 7.80. The molecule has 0 saturated heterocycles. The molecule has 0 aromatic heterocycles. The molecule has 8 N–H and O–H groups in total. The Morgan fingerprint density at radius 3 is 1.43 bits per heavy atom. The fourth-order valence-corrected chi connectivity index (χ4v) is 4.28. The monoisotopic (exact) mass is 594 g/mol. The molecule has 0 saturated carbocycles. The van der Waals surface area contributed by atoms with Gasteiger partial charge in [-0.05, 0) is 41.0 Å². The molecular formula is C30H34N4O7S. The van der Waals surface area contributed by atoms with Crippen LogP contribution >= 0.6 is 12.6 Å². The van der Waals surface area contributed by atoms with E-state index in [9.17, 15) is 34.5 Å². The molecule has 222 valence electrons. The van der Waals surface area contributed by atoms with Crippen LogP contribution in [0.5, 0.6) is 11.5 Å². The predicted molar refractivity (Wildman–Crippen MR) is 159 cm³/mol. The molecular weight excluding hydrogens is 560 g/mol. The zero-order valence-corrected chi connectivity index (χ0v) is 23.5. The highest BCUT2D eigenvalue weighted by Gasteiger charge is 2.31. The van der Waals surface area contributed by atoms with Gasteiger partial charge < -0.3 is 37.0 Å². The first-order chi connectivity index (χ1) is 20.0. The number of amides is 3. The summed E-state index contributed by atoms with van der Waals surface area (Å²) >= 11 is 4.04. The van der Waals surface area contributed by atoms with E-state index >= 15 is 0 Å². The molecule has 0 spiro atoms. The lowest BCUT2D eigenvalue weighted by molar-refractivity contribution is -0.142. The molecule has 0 radical (unpaired) electrons. The van der Waals surface area contributed by atoms with Gasteiger partial charge in [0.1, 0.15) is 29.6 Å². The van der Waals surface area contributed by atoms with E-state index < -0.39 is 47.9 Å². The first-order valence-corrected chi connectivity index (χ1v) is 13.8. The van der Waals surface area contributed by atoms with Gasteiger partial charge in [0, 0.05) is 25.0 Å². The van der Waals surface area contributed by atoms with Crippen LogP contribution in [0.25, 0.3) is 0 Å². The molecule has 42 heavy (non-hydrogen) atoms. The summed E-state index contributed by atoms with van der Waals surface area (Å²) in [6.07, 6.45) is -0.00898. The predicted octanol–water partition coefficient (Wildman–Crippen LogP) is 0.922. The molecule has 0 aliphatic heterocycles. The van der Waals surface area contributed by atoms with Gasteiger partial charge in [-0.3, -0.25) is 14.4 Å². The standard InChI is InChI=1S/C30H34N4O7S/c31-23(17-42)27(37)32-24(14-18-4-2-1-3-5-18)28(38)33-25(15-19-6-10-21(35)11-7-19)29(39)34-26(30(40)41)16-20-8-12-22(36)13-9-20/h1-13,23-26,35-36,42H,14-17,31H2,(H,32,37)(H,33,38)(H,34,39)(H,40,41). The number of aromatic hydroxyl groups is 2. The largest absolute Gasteiger partial charge is 0.508 e. The Balaban J connectivity index is 1.85. The van der Waals surface area contributed by atoms with Crippen molar-refractivity contribution in [1.82, 2.24) is 16.0 Å². The van der Waals surface area contributed by atoms with Crippen molar-refractivity contribution in [1.29, 1.82) is 0 Å². The number of carbonyl (C=O) groups is 4. The SMILES string of the molecule is NC(CS)C(=O)NC(Cc1ccccc1)C(=O)NC(Cc1ccc(O)cc1)C(=O)NC(Cc1ccc(O)cc1)C(=O)O. The maximum absolute atomic E-state index is 13.6. The normalized spacial score (nSPS) is 13.7. The van der Waals surface area contributed by atoms with E-state index in [4.69, 9.17) is 5.73 Å². The van der Waals surface area contributed by atoms with Crippen LogP contribution in [0, 0.1) is 0 Å². The van der Waals surface area contributed by atoms with E-state index in [1.54, 1.807) is 48.5 Å². The zero-order valence-electron chi connectivity index (χ0n) is 22.6. The maximum Gasteiger partial charge on any atom is 0.326 e. The van der Waals surface area contributed by atoms with Gasteiger partial charge in [-0.1, -0.05) is 54.6 Å². The van der Waals surface area contributed by atoms with Gasteiger partial charge >= 0.3 is 5.97 Å². The quantitative estimate of drug-likeness (QED) is 0.126. The number of carboxylic acid groups (broad SMARTS) is 1. The van der Waals surface area contributed by atoms with Crippen LogP contribution in [-0.2, 0) is 38.4 Å². The summed E-state index contributed by atoms with van der Waals surface area (Å²) in [6.45, 7) is 0. The third-order valence-electron chi connectivity index (χ3n) is 6.45. The molecule has 0 bridgehead atoms. The van der Waals surface area contributed by atoms with Gasteiger partial charge in [-0.2, -0.15) is 12.6 Å². The number of hydrogen-bond acceptors (Lipinski definition) is 8. The van der Waals surface area contributed by atoms with E-state index in [0.29, 0.717) is 11.1 Å². The van der Waals surface area contributed by atoms with Crippen LogP contribution in [0.4, 0.5) is 0 Å². The third-order valence-corrected chi connectivity index (χ3v) is 6.84. The number of hydrogen-bond donors (Lipinski definition) is 8. The summed E-state index contributed by atoms with van der Waals surface area (Å²) in [5.74, 6) is -3.26. The second-order valence-corrected chi connectivity index (χ2v) is 10.1. The van der Waals surface area contributed by atoms with Gasteiger partial charge in [0.25, 0.3) is 0 Å². The minimum atomic E-state index is -1.34. The first kappa shape index (κ1) is 32.0. The van der Waals surface area contributed by atoms with E-state index in [0.717, 1.165) is 5.56 Å². The summed E-state index contributed by atoms with van der Waals surface area (Å²) in [4.78, 5) is 51.6. The molecule has 0 aliphatic rings. The summed E-state index contributed by atoms with van der Waals surface area (Å²) in [5.41, 5.74) is 7.69. The summed E-state index contributed by atoms with van der Waals surface area (Å²) < 4.78 is 0. The second-order valence-electron chi connectivity index (χ2n) is 9.74. The molecule has 12 heteroatoms. The van der Waals surface area contributed by atoms with Crippen molar-refractivity contribution >= 4 is 36.3 Å². The minimum absolute atomic E-state index is 0.00907. The number of phenolic OH excluding ortho intramolecular Hbond substituents is 2. The van der Waals surface area contributed by atoms with Crippen molar-refractivity contribution in [2.45, 2.75) is 43.4 Å². The molecule has 4 atom stereocenters. The lowest BCUT2D eigenvalue weighted by Crippen LogP contribution is -2.58.